The van der Waals surface area contributed by atoms with Crippen molar-refractivity contribution in [3.63, 3.8) is 0 Å². The standard InChI is InChI=1S/C36H28F6N2O6/c1-34-25(31(47)44(33(34)49)20-6-4-3-5-7-20)16-24-22(29(34)17-8-11-27(50-2)26(45)12-17)9-10-23-28(24)32(48)43(30(23)46)21-14-18(35(37,38)39)13-19(15-21)36(40,41)42/h3-9,11-15,23-25,28-29,45H,10,16H2,1-2H3/t23-,24+,25-,28-,29-,34+/m0/s1. The van der Waals surface area contributed by atoms with Crippen LogP contribution in [0.4, 0.5) is 37.7 Å². The number of alkyl halides is 6. The van der Waals surface area contributed by atoms with Crippen molar-refractivity contribution in [3.05, 3.63) is 95.1 Å². The van der Waals surface area contributed by atoms with Crippen LogP contribution < -0.4 is 14.5 Å². The number of carbonyl (C=O) groups is 4. The Balaban J connectivity index is 1.36. The Hall–Kier alpha value is -5.14. The molecule has 1 N–H and O–H groups in total. The molecule has 260 valence electrons. The minimum Gasteiger partial charge on any atom is -0.504 e. The minimum atomic E-state index is -5.21. The smallest absolute Gasteiger partial charge is 0.416 e. The third kappa shape index (κ3) is 4.82. The molecule has 2 aliphatic carbocycles. The van der Waals surface area contributed by atoms with E-state index in [-0.39, 0.29) is 30.4 Å². The maximum Gasteiger partial charge on any atom is 0.416 e. The maximum absolute atomic E-state index is 14.4. The molecule has 7 rings (SSSR count). The monoisotopic (exact) mass is 698 g/mol. The van der Waals surface area contributed by atoms with Gasteiger partial charge in [0, 0.05) is 5.92 Å². The van der Waals surface area contributed by atoms with Gasteiger partial charge in [-0.05, 0) is 73.7 Å². The molecule has 50 heavy (non-hydrogen) atoms. The molecule has 6 atom stereocenters. The Kier molecular flexibility index (Phi) is 7.47. The fourth-order valence-electron chi connectivity index (χ4n) is 8.43. The molecular formula is C36H28F6N2O6. The molecule has 0 aromatic heterocycles. The number of ether oxygens (including phenoxy) is 1. The average Bonchev–Trinajstić information content (AvgIpc) is 3.43. The number of fused-ring (bicyclic) bond motifs is 4. The Bertz CT molecular complexity index is 1960. The maximum atomic E-state index is 14.4. The SMILES string of the molecule is COc1ccc([C@H]2C3=CC[C@@H]4C(=O)N(c5cc(C(F)(F)F)cc(C(F)(F)F)c5)C(=O)[C@@H]4[C@@H]3C[C@H]3C(=O)N(c4ccccc4)C(=O)[C@@]23C)cc1O. The average molecular weight is 699 g/mol. The van der Waals surface area contributed by atoms with Gasteiger partial charge in [-0.15, -0.1) is 0 Å². The second-order valence-corrected chi connectivity index (χ2v) is 13.2. The van der Waals surface area contributed by atoms with Crippen LogP contribution in [0.2, 0.25) is 0 Å². The number of allylic oxidation sites excluding steroid dienone is 2. The van der Waals surface area contributed by atoms with Crippen molar-refractivity contribution >= 4 is 35.0 Å². The summed E-state index contributed by atoms with van der Waals surface area (Å²) in [5.74, 6) is -8.45. The minimum absolute atomic E-state index is 0.0840. The molecule has 0 radical (unpaired) electrons. The van der Waals surface area contributed by atoms with Crippen molar-refractivity contribution in [3.8, 4) is 11.5 Å². The molecule has 2 aliphatic heterocycles. The summed E-state index contributed by atoms with van der Waals surface area (Å²) in [5.41, 5.74) is -4.44. The van der Waals surface area contributed by atoms with Gasteiger partial charge >= 0.3 is 12.4 Å². The Labute approximate surface area is 280 Å². The van der Waals surface area contributed by atoms with Crippen molar-refractivity contribution in [1.29, 1.82) is 0 Å². The van der Waals surface area contributed by atoms with Crippen molar-refractivity contribution in [2.75, 3.05) is 16.9 Å². The van der Waals surface area contributed by atoms with Crippen molar-refractivity contribution in [2.24, 2.45) is 29.1 Å². The zero-order valence-electron chi connectivity index (χ0n) is 26.4. The summed E-state index contributed by atoms with van der Waals surface area (Å²) in [6.07, 6.45) is -8.96. The van der Waals surface area contributed by atoms with E-state index in [9.17, 15) is 50.6 Å². The summed E-state index contributed by atoms with van der Waals surface area (Å²) in [7, 11) is 1.35. The number of imide groups is 2. The fourth-order valence-corrected chi connectivity index (χ4v) is 8.43. The number of nitrogens with zero attached hydrogens (tertiary/aromatic N) is 2. The van der Waals surface area contributed by atoms with E-state index < -0.39 is 87.8 Å². The van der Waals surface area contributed by atoms with Gasteiger partial charge in [-0.25, -0.2) is 9.80 Å². The molecule has 1 saturated carbocycles. The summed E-state index contributed by atoms with van der Waals surface area (Å²) in [4.78, 5) is 58.1. The summed E-state index contributed by atoms with van der Waals surface area (Å²) in [6, 6.07) is 13.3. The summed E-state index contributed by atoms with van der Waals surface area (Å²) in [6.45, 7) is 1.63. The Morgan fingerprint density at radius 1 is 0.780 bits per heavy atom. The van der Waals surface area contributed by atoms with E-state index in [0.717, 1.165) is 4.90 Å². The van der Waals surface area contributed by atoms with Crippen LogP contribution in [-0.4, -0.2) is 35.8 Å². The van der Waals surface area contributed by atoms with E-state index in [0.29, 0.717) is 33.9 Å². The molecule has 4 aliphatic rings. The Morgan fingerprint density at radius 3 is 2.00 bits per heavy atom. The van der Waals surface area contributed by atoms with E-state index in [1.54, 1.807) is 49.4 Å². The molecule has 8 nitrogen and oxygen atoms in total. The zero-order valence-corrected chi connectivity index (χ0v) is 26.4. The normalized spacial score (nSPS) is 28.0. The third-order valence-corrected chi connectivity index (χ3v) is 10.7. The van der Waals surface area contributed by atoms with Crippen LogP contribution in [0.5, 0.6) is 11.5 Å². The number of carbonyl (C=O) groups excluding carboxylic acids is 4. The second-order valence-electron chi connectivity index (χ2n) is 13.2. The Morgan fingerprint density at radius 2 is 1.42 bits per heavy atom. The first-order chi connectivity index (χ1) is 23.5. The molecule has 3 aromatic rings. The molecule has 0 spiro atoms. The molecule has 0 bridgehead atoms. The molecule has 3 fully saturated rings. The van der Waals surface area contributed by atoms with Gasteiger partial charge in [0.15, 0.2) is 11.5 Å². The quantitative estimate of drug-likeness (QED) is 0.181. The molecular weight excluding hydrogens is 670 g/mol. The number of amides is 4. The number of methoxy groups -OCH3 is 1. The number of hydrogen-bond donors (Lipinski definition) is 1. The van der Waals surface area contributed by atoms with Crippen molar-refractivity contribution in [1.82, 2.24) is 0 Å². The van der Waals surface area contributed by atoms with Crippen LogP contribution in [-0.2, 0) is 31.5 Å². The van der Waals surface area contributed by atoms with Gasteiger partial charge in [-0.2, -0.15) is 26.3 Å². The highest BCUT2D eigenvalue weighted by atomic mass is 19.4. The van der Waals surface area contributed by atoms with E-state index in [1.165, 1.54) is 19.2 Å². The van der Waals surface area contributed by atoms with Crippen LogP contribution in [0.1, 0.15) is 42.4 Å². The van der Waals surface area contributed by atoms with Gasteiger partial charge in [-0.1, -0.05) is 35.9 Å². The lowest BCUT2D eigenvalue weighted by atomic mass is 9.51. The molecule has 14 heteroatoms. The van der Waals surface area contributed by atoms with E-state index in [4.69, 9.17) is 4.74 Å². The summed E-state index contributed by atoms with van der Waals surface area (Å²) in [5, 5.41) is 10.8. The van der Waals surface area contributed by atoms with Crippen LogP contribution >= 0.6 is 0 Å². The summed E-state index contributed by atoms with van der Waals surface area (Å²) < 4.78 is 87.7. The highest BCUT2D eigenvalue weighted by Crippen LogP contribution is 2.64. The number of hydrogen-bond acceptors (Lipinski definition) is 6. The van der Waals surface area contributed by atoms with Crippen LogP contribution in [0.25, 0.3) is 0 Å². The summed E-state index contributed by atoms with van der Waals surface area (Å²) >= 11 is 0. The topological polar surface area (TPSA) is 104 Å². The second kappa shape index (κ2) is 11.2. The first kappa shape index (κ1) is 33.4. The molecule has 2 saturated heterocycles. The zero-order chi connectivity index (χ0) is 36.1. The predicted octanol–water partition coefficient (Wildman–Crippen LogP) is 6.87. The number of phenols is 1. The van der Waals surface area contributed by atoms with Crippen molar-refractivity contribution < 1.29 is 55.4 Å². The predicted molar refractivity (Wildman–Crippen MR) is 165 cm³/mol. The van der Waals surface area contributed by atoms with Crippen LogP contribution in [0, 0.1) is 29.1 Å². The van der Waals surface area contributed by atoms with Gasteiger partial charge < -0.3 is 9.84 Å². The molecule has 4 amide bonds. The van der Waals surface area contributed by atoms with Crippen molar-refractivity contribution in [2.45, 2.75) is 38.0 Å². The third-order valence-electron chi connectivity index (χ3n) is 10.7. The van der Waals surface area contributed by atoms with Gasteiger partial charge in [0.1, 0.15) is 0 Å². The van der Waals surface area contributed by atoms with E-state index >= 15 is 0 Å². The number of phenolic OH excluding ortho intramolecular Hbond substituents is 1. The van der Waals surface area contributed by atoms with Gasteiger partial charge in [0.25, 0.3) is 0 Å². The molecule has 2 heterocycles. The highest BCUT2D eigenvalue weighted by molar-refractivity contribution is 6.25. The number of benzene rings is 3. The number of halogens is 6. The van der Waals surface area contributed by atoms with Crippen LogP contribution in [0.15, 0.2) is 78.4 Å². The lowest BCUT2D eigenvalue weighted by molar-refractivity contribution is -0.143. The first-order valence-corrected chi connectivity index (χ1v) is 15.7. The van der Waals surface area contributed by atoms with Gasteiger partial charge in [0.2, 0.25) is 23.6 Å². The molecule has 3 aromatic carbocycles. The largest absolute Gasteiger partial charge is 0.504 e. The number of para-hydroxylation sites is 1. The fraction of sp³-hybridized carbons (Fsp3) is 0.333. The van der Waals surface area contributed by atoms with Gasteiger partial charge in [-0.3, -0.25) is 19.2 Å². The highest BCUT2D eigenvalue weighted by Gasteiger charge is 2.67. The number of aromatic hydroxyl groups is 1. The lowest BCUT2D eigenvalue weighted by Crippen LogP contribution is -2.48. The van der Waals surface area contributed by atoms with E-state index in [1.807, 2.05) is 0 Å². The van der Waals surface area contributed by atoms with Gasteiger partial charge in [0.05, 0.1) is 52.8 Å². The lowest BCUT2D eigenvalue weighted by Gasteiger charge is -2.49. The molecule has 0 unspecified atom stereocenters. The first-order valence-electron chi connectivity index (χ1n) is 15.7. The number of rotatable bonds is 4. The van der Waals surface area contributed by atoms with Crippen LogP contribution in [0.3, 0.4) is 0 Å². The number of anilines is 2. The van der Waals surface area contributed by atoms with E-state index in [2.05, 4.69) is 0 Å².